The van der Waals surface area contributed by atoms with Crippen LogP contribution < -0.4 is 0 Å². The van der Waals surface area contributed by atoms with Crippen molar-refractivity contribution >= 4 is 17.9 Å². The third-order valence-electron chi connectivity index (χ3n) is 14.3. The molecule has 0 aliphatic rings. The molecular formula is C67H122O6. The van der Waals surface area contributed by atoms with E-state index in [2.05, 4.69) is 69.4 Å². The third-order valence-corrected chi connectivity index (χ3v) is 14.3. The van der Waals surface area contributed by atoms with Gasteiger partial charge in [0.05, 0.1) is 0 Å². The van der Waals surface area contributed by atoms with Crippen LogP contribution in [0.15, 0.2) is 48.6 Å². The van der Waals surface area contributed by atoms with E-state index in [9.17, 15) is 14.4 Å². The van der Waals surface area contributed by atoms with Crippen LogP contribution in [-0.2, 0) is 28.6 Å². The van der Waals surface area contributed by atoms with Gasteiger partial charge in [0.1, 0.15) is 13.2 Å². The maximum Gasteiger partial charge on any atom is 0.306 e. The molecular weight excluding hydrogens is 901 g/mol. The van der Waals surface area contributed by atoms with Crippen molar-refractivity contribution in [2.75, 3.05) is 13.2 Å². The number of carbonyl (C=O) groups excluding carboxylic acids is 3. The molecule has 6 heteroatoms. The zero-order valence-corrected chi connectivity index (χ0v) is 48.9. The largest absolute Gasteiger partial charge is 0.462 e. The topological polar surface area (TPSA) is 78.9 Å². The number of rotatable bonds is 59. The van der Waals surface area contributed by atoms with Crippen molar-refractivity contribution in [2.24, 2.45) is 0 Å². The predicted octanol–water partition coefficient (Wildman–Crippen LogP) is 21.8. The summed E-state index contributed by atoms with van der Waals surface area (Å²) in [7, 11) is 0. The summed E-state index contributed by atoms with van der Waals surface area (Å²) in [6.07, 6.45) is 77.3. The summed E-state index contributed by atoms with van der Waals surface area (Å²) < 4.78 is 16.8. The van der Waals surface area contributed by atoms with E-state index in [-0.39, 0.29) is 31.1 Å². The lowest BCUT2D eigenvalue weighted by atomic mass is 10.0. The highest BCUT2D eigenvalue weighted by atomic mass is 16.6. The smallest absolute Gasteiger partial charge is 0.306 e. The molecule has 1 atom stereocenters. The molecule has 0 aliphatic heterocycles. The van der Waals surface area contributed by atoms with Gasteiger partial charge in [0.15, 0.2) is 6.10 Å². The van der Waals surface area contributed by atoms with Crippen LogP contribution in [0.4, 0.5) is 0 Å². The van der Waals surface area contributed by atoms with Crippen molar-refractivity contribution in [3.8, 4) is 0 Å². The van der Waals surface area contributed by atoms with Crippen LogP contribution in [0.25, 0.3) is 0 Å². The highest BCUT2D eigenvalue weighted by Crippen LogP contribution is 2.18. The average molecular weight is 1020 g/mol. The van der Waals surface area contributed by atoms with Crippen molar-refractivity contribution < 1.29 is 28.6 Å². The molecule has 1 unspecified atom stereocenters. The molecule has 0 heterocycles. The van der Waals surface area contributed by atoms with Crippen molar-refractivity contribution in [2.45, 2.75) is 348 Å². The summed E-state index contributed by atoms with van der Waals surface area (Å²) in [6, 6.07) is 0. The number of ether oxygens (including phenoxy) is 3. The molecule has 0 aromatic carbocycles. The first-order valence-electron chi connectivity index (χ1n) is 32.1. The molecule has 73 heavy (non-hydrogen) atoms. The minimum atomic E-state index is -0.773. The van der Waals surface area contributed by atoms with Crippen LogP contribution >= 0.6 is 0 Å². The van der Waals surface area contributed by atoms with Gasteiger partial charge in [-0.1, -0.05) is 313 Å². The standard InChI is InChI=1S/C67H122O6/c1-4-7-10-13-16-18-20-22-24-26-28-30-31-32-33-34-35-37-38-40-42-44-46-48-51-54-57-60-66(69)72-63-64(62-71-65(68)59-56-53-50-15-12-9-6-3)73-67(70)61-58-55-52-49-47-45-43-41-39-36-29-27-25-23-21-19-17-14-11-8-5-2/h8,11,17,19,23,25,29,36,64H,4-7,9-10,12-16,18,20-22,24,26-28,30-35,37-63H2,1-3H3/b11-8-,19-17-,25-23-,36-29-. The normalized spacial score (nSPS) is 12.3. The van der Waals surface area contributed by atoms with Gasteiger partial charge in [-0.15, -0.1) is 0 Å². The molecule has 0 saturated heterocycles. The second-order valence-corrected chi connectivity index (χ2v) is 21.7. The number of hydrogen-bond donors (Lipinski definition) is 0. The summed E-state index contributed by atoms with van der Waals surface area (Å²) in [4.78, 5) is 38.1. The van der Waals surface area contributed by atoms with E-state index in [1.807, 2.05) is 0 Å². The third kappa shape index (κ3) is 60.1. The number of carbonyl (C=O) groups is 3. The van der Waals surface area contributed by atoms with E-state index in [1.165, 1.54) is 212 Å². The minimum Gasteiger partial charge on any atom is -0.462 e. The second kappa shape index (κ2) is 61.9. The summed E-state index contributed by atoms with van der Waals surface area (Å²) in [5.41, 5.74) is 0. The Bertz CT molecular complexity index is 1270. The van der Waals surface area contributed by atoms with Crippen LogP contribution in [-0.4, -0.2) is 37.2 Å². The highest BCUT2D eigenvalue weighted by Gasteiger charge is 2.19. The summed E-state index contributed by atoms with van der Waals surface area (Å²) >= 11 is 0. The van der Waals surface area contributed by atoms with Crippen molar-refractivity contribution in [3.05, 3.63) is 48.6 Å². The Labute approximate surface area is 454 Å². The quantitative estimate of drug-likeness (QED) is 0.0261. The predicted molar refractivity (Wildman–Crippen MR) is 316 cm³/mol. The van der Waals surface area contributed by atoms with Crippen LogP contribution in [0.3, 0.4) is 0 Å². The Kier molecular flexibility index (Phi) is 59.7. The zero-order chi connectivity index (χ0) is 52.9. The average Bonchev–Trinajstić information content (AvgIpc) is 3.39. The van der Waals surface area contributed by atoms with E-state index in [4.69, 9.17) is 14.2 Å². The maximum absolute atomic E-state index is 12.8. The van der Waals surface area contributed by atoms with Gasteiger partial charge in [-0.25, -0.2) is 0 Å². The van der Waals surface area contributed by atoms with Gasteiger partial charge in [-0.05, 0) is 57.8 Å². The molecule has 0 fully saturated rings. The van der Waals surface area contributed by atoms with Gasteiger partial charge in [-0.3, -0.25) is 14.4 Å². The van der Waals surface area contributed by atoms with Crippen molar-refractivity contribution in [1.29, 1.82) is 0 Å². The SMILES string of the molecule is CC/C=C\C/C=C\C/C=C\C/C=C\CCCCCCCCCCC(=O)OC(COC(=O)CCCCCCCCC)COC(=O)CCCCCCCCCCCCCCCCCCCCCCCCCCCCC. The first-order chi connectivity index (χ1) is 36.0. The van der Waals surface area contributed by atoms with E-state index in [0.29, 0.717) is 19.3 Å². The fourth-order valence-corrected chi connectivity index (χ4v) is 9.56. The van der Waals surface area contributed by atoms with Gasteiger partial charge in [0.25, 0.3) is 0 Å². The molecule has 0 radical (unpaired) electrons. The van der Waals surface area contributed by atoms with Gasteiger partial charge in [0.2, 0.25) is 0 Å². The van der Waals surface area contributed by atoms with Crippen LogP contribution in [0.5, 0.6) is 0 Å². The van der Waals surface area contributed by atoms with Crippen molar-refractivity contribution in [3.63, 3.8) is 0 Å². The molecule has 6 nitrogen and oxygen atoms in total. The molecule has 0 bridgehead atoms. The fraction of sp³-hybridized carbons (Fsp3) is 0.836. The number of hydrogen-bond acceptors (Lipinski definition) is 6. The van der Waals surface area contributed by atoms with Crippen LogP contribution in [0, 0.1) is 0 Å². The summed E-state index contributed by atoms with van der Waals surface area (Å²) in [5, 5.41) is 0. The van der Waals surface area contributed by atoms with Gasteiger partial charge >= 0.3 is 17.9 Å². The molecule has 0 aromatic heterocycles. The molecule has 0 rings (SSSR count). The van der Waals surface area contributed by atoms with Crippen LogP contribution in [0.1, 0.15) is 342 Å². The lowest BCUT2D eigenvalue weighted by Crippen LogP contribution is -2.30. The Morgan fingerprint density at radius 3 is 0.836 bits per heavy atom. The molecule has 0 aliphatic carbocycles. The molecule has 0 N–H and O–H groups in total. The lowest BCUT2D eigenvalue weighted by molar-refractivity contribution is -0.167. The Hall–Kier alpha value is -2.63. The number of unbranched alkanes of at least 4 members (excludes halogenated alkanes) is 40. The van der Waals surface area contributed by atoms with E-state index in [1.54, 1.807) is 0 Å². The first-order valence-corrected chi connectivity index (χ1v) is 32.1. The Morgan fingerprint density at radius 2 is 0.534 bits per heavy atom. The Morgan fingerprint density at radius 1 is 0.288 bits per heavy atom. The maximum atomic E-state index is 12.8. The van der Waals surface area contributed by atoms with Gasteiger partial charge < -0.3 is 14.2 Å². The molecule has 0 saturated carbocycles. The van der Waals surface area contributed by atoms with Gasteiger partial charge in [0, 0.05) is 19.3 Å². The monoisotopic (exact) mass is 1020 g/mol. The molecule has 0 aromatic rings. The second-order valence-electron chi connectivity index (χ2n) is 21.7. The van der Waals surface area contributed by atoms with E-state index >= 15 is 0 Å². The zero-order valence-electron chi connectivity index (χ0n) is 48.9. The fourth-order valence-electron chi connectivity index (χ4n) is 9.56. The summed E-state index contributed by atoms with van der Waals surface area (Å²) in [6.45, 7) is 6.53. The molecule has 426 valence electrons. The van der Waals surface area contributed by atoms with Crippen molar-refractivity contribution in [1.82, 2.24) is 0 Å². The van der Waals surface area contributed by atoms with E-state index in [0.717, 1.165) is 89.9 Å². The number of allylic oxidation sites excluding steroid dienone is 8. The summed E-state index contributed by atoms with van der Waals surface area (Å²) in [5.74, 6) is -0.869. The van der Waals surface area contributed by atoms with Crippen LogP contribution in [0.2, 0.25) is 0 Å². The first kappa shape index (κ1) is 70.4. The lowest BCUT2D eigenvalue weighted by Gasteiger charge is -2.18. The van der Waals surface area contributed by atoms with Gasteiger partial charge in [-0.2, -0.15) is 0 Å². The molecule has 0 amide bonds. The minimum absolute atomic E-state index is 0.0723. The Balaban J connectivity index is 4.07. The highest BCUT2D eigenvalue weighted by molar-refractivity contribution is 5.71. The van der Waals surface area contributed by atoms with E-state index < -0.39 is 6.10 Å². The number of esters is 3. The molecule has 0 spiro atoms.